The van der Waals surface area contributed by atoms with Crippen molar-refractivity contribution in [2.24, 2.45) is 5.92 Å². The van der Waals surface area contributed by atoms with Crippen LogP contribution in [0.25, 0.3) is 17.1 Å². The summed E-state index contributed by atoms with van der Waals surface area (Å²) in [5, 5.41) is 13.3. The first-order valence-corrected chi connectivity index (χ1v) is 11.9. The van der Waals surface area contributed by atoms with E-state index in [4.69, 9.17) is 16.7 Å². The van der Waals surface area contributed by atoms with Gasteiger partial charge in [0.1, 0.15) is 18.0 Å². The predicted molar refractivity (Wildman–Crippen MR) is 132 cm³/mol. The molecule has 4 aromatic rings. The fraction of sp³-hybridized carbons (Fsp3) is 0.360. The van der Waals surface area contributed by atoms with E-state index in [0.717, 1.165) is 47.5 Å². The molecule has 10 heteroatoms. The lowest BCUT2D eigenvalue weighted by Gasteiger charge is -2.11. The molecule has 0 saturated heterocycles. The van der Waals surface area contributed by atoms with Crippen LogP contribution < -0.4 is 5.32 Å². The van der Waals surface area contributed by atoms with Gasteiger partial charge in [0.2, 0.25) is 0 Å². The number of alkyl halides is 2. The third-order valence-corrected chi connectivity index (χ3v) is 6.85. The quantitative estimate of drug-likeness (QED) is 0.321. The van der Waals surface area contributed by atoms with Crippen molar-refractivity contribution in [1.29, 1.82) is 0 Å². The molecule has 0 spiro atoms. The van der Waals surface area contributed by atoms with Gasteiger partial charge in [-0.3, -0.25) is 0 Å². The van der Waals surface area contributed by atoms with Crippen LogP contribution in [0.2, 0.25) is 5.02 Å². The number of aromatic nitrogens is 6. The Kier molecular flexibility index (Phi) is 5.83. The summed E-state index contributed by atoms with van der Waals surface area (Å²) in [6.45, 7) is 7.38. The van der Waals surface area contributed by atoms with Crippen molar-refractivity contribution in [2.45, 2.75) is 53.0 Å². The molecule has 0 unspecified atom stereocenters. The highest BCUT2D eigenvalue weighted by Crippen LogP contribution is 2.36. The van der Waals surface area contributed by atoms with Gasteiger partial charge >= 0.3 is 0 Å². The van der Waals surface area contributed by atoms with Gasteiger partial charge in [0, 0.05) is 36.2 Å². The van der Waals surface area contributed by atoms with Crippen molar-refractivity contribution in [1.82, 2.24) is 29.5 Å². The third-order valence-electron chi connectivity index (χ3n) is 6.30. The minimum atomic E-state index is -2.88. The molecule has 1 saturated carbocycles. The Labute approximate surface area is 207 Å². The van der Waals surface area contributed by atoms with E-state index in [1.165, 1.54) is 31.3 Å². The van der Waals surface area contributed by atoms with Crippen LogP contribution >= 0.6 is 11.6 Å². The van der Waals surface area contributed by atoms with E-state index < -0.39 is 5.92 Å². The Morgan fingerprint density at radius 3 is 2.40 bits per heavy atom. The van der Waals surface area contributed by atoms with Gasteiger partial charge in [-0.2, -0.15) is 10.2 Å². The minimum Gasteiger partial charge on any atom is -0.325 e. The highest BCUT2D eigenvalue weighted by molar-refractivity contribution is 6.31. The van der Waals surface area contributed by atoms with Crippen molar-refractivity contribution < 1.29 is 8.78 Å². The molecular formula is C25H26ClF2N7. The summed E-state index contributed by atoms with van der Waals surface area (Å²) in [4.78, 5) is 8.75. The van der Waals surface area contributed by atoms with Crippen molar-refractivity contribution in [3.05, 3.63) is 64.2 Å². The number of nitrogens with one attached hydrogen (secondary N) is 1. The van der Waals surface area contributed by atoms with Crippen LogP contribution in [-0.4, -0.2) is 29.5 Å². The van der Waals surface area contributed by atoms with Gasteiger partial charge in [0.25, 0.3) is 5.92 Å². The summed E-state index contributed by atoms with van der Waals surface area (Å²) < 4.78 is 31.0. The van der Waals surface area contributed by atoms with Crippen LogP contribution in [0.15, 0.2) is 36.7 Å². The summed E-state index contributed by atoms with van der Waals surface area (Å²) >= 11 is 6.31. The average Bonchev–Trinajstić information content (AvgIpc) is 3.55. The molecule has 0 aliphatic heterocycles. The van der Waals surface area contributed by atoms with Gasteiger partial charge in [0.15, 0.2) is 5.82 Å². The summed E-state index contributed by atoms with van der Waals surface area (Å²) in [6, 6.07) is 8.11. The molecule has 7 nitrogen and oxygen atoms in total. The zero-order valence-corrected chi connectivity index (χ0v) is 20.7. The van der Waals surface area contributed by atoms with Gasteiger partial charge in [0.05, 0.1) is 22.1 Å². The lowest BCUT2D eigenvalue weighted by Crippen LogP contribution is -2.09. The molecule has 35 heavy (non-hydrogen) atoms. The number of aryl methyl sites for hydroxylation is 1. The average molecular weight is 498 g/mol. The molecule has 182 valence electrons. The van der Waals surface area contributed by atoms with E-state index in [2.05, 4.69) is 20.4 Å². The number of hydrogen-bond donors (Lipinski definition) is 1. The van der Waals surface area contributed by atoms with Crippen LogP contribution in [-0.2, 0) is 12.5 Å². The fourth-order valence-corrected chi connectivity index (χ4v) is 4.20. The maximum Gasteiger partial charge on any atom is 0.270 e. The lowest BCUT2D eigenvalue weighted by atomic mass is 10.0. The first kappa shape index (κ1) is 23.4. The number of rotatable bonds is 7. The highest BCUT2D eigenvalue weighted by Gasteiger charge is 2.27. The standard InChI is InChI=1S/C25H26ClF2N7/c1-14-23(18-7-9-19(10-8-18)25(4,27)28)33-34(12-17-5-6-17)24(14)31-20-11-21(30-13-29-20)35-16(3)22(26)15(2)32-35/h7-11,13,17H,5-6,12H2,1-4H3,(H,29,30,31). The molecule has 1 N–H and O–H groups in total. The number of nitrogens with zero attached hydrogens (tertiary/aromatic N) is 6. The van der Waals surface area contributed by atoms with Gasteiger partial charge in [-0.25, -0.2) is 28.1 Å². The minimum absolute atomic E-state index is 0.0209. The zero-order chi connectivity index (χ0) is 24.9. The second kappa shape index (κ2) is 8.71. The monoisotopic (exact) mass is 497 g/mol. The summed E-state index contributed by atoms with van der Waals surface area (Å²) in [5.41, 5.74) is 3.95. The second-order valence-corrected chi connectivity index (χ2v) is 9.57. The third kappa shape index (κ3) is 4.65. The number of benzene rings is 1. The molecule has 0 atom stereocenters. The Balaban J connectivity index is 1.50. The molecular weight excluding hydrogens is 472 g/mol. The largest absolute Gasteiger partial charge is 0.325 e. The van der Waals surface area contributed by atoms with Crippen molar-refractivity contribution in [3.8, 4) is 17.1 Å². The second-order valence-electron chi connectivity index (χ2n) is 9.20. The fourth-order valence-electron chi connectivity index (χ4n) is 4.08. The van der Waals surface area contributed by atoms with E-state index in [9.17, 15) is 8.78 Å². The van der Waals surface area contributed by atoms with E-state index >= 15 is 0 Å². The van der Waals surface area contributed by atoms with Crippen LogP contribution in [0.4, 0.5) is 20.4 Å². The Bertz CT molecular complexity index is 1380. The smallest absolute Gasteiger partial charge is 0.270 e. The predicted octanol–water partition coefficient (Wildman–Crippen LogP) is 6.37. The van der Waals surface area contributed by atoms with E-state index in [1.807, 2.05) is 31.5 Å². The SMILES string of the molecule is Cc1nn(-c2cc(Nc3c(C)c(-c4ccc(C(C)(F)F)cc4)nn3CC3CC3)ncn2)c(C)c1Cl. The van der Waals surface area contributed by atoms with Crippen LogP contribution in [0.3, 0.4) is 0 Å². The molecule has 1 fully saturated rings. The summed E-state index contributed by atoms with van der Waals surface area (Å²) in [6.07, 6.45) is 3.82. The Morgan fingerprint density at radius 1 is 1.09 bits per heavy atom. The van der Waals surface area contributed by atoms with Gasteiger partial charge in [-0.1, -0.05) is 35.9 Å². The zero-order valence-electron chi connectivity index (χ0n) is 20.0. The molecule has 0 amide bonds. The van der Waals surface area contributed by atoms with Gasteiger partial charge < -0.3 is 5.32 Å². The van der Waals surface area contributed by atoms with Crippen LogP contribution in [0, 0.1) is 26.7 Å². The van der Waals surface area contributed by atoms with E-state index in [-0.39, 0.29) is 5.56 Å². The highest BCUT2D eigenvalue weighted by atomic mass is 35.5. The molecule has 1 aliphatic rings. The lowest BCUT2D eigenvalue weighted by molar-refractivity contribution is 0.0175. The molecule has 0 bridgehead atoms. The van der Waals surface area contributed by atoms with Gasteiger partial charge in [-0.05, 0) is 39.5 Å². The molecule has 3 heterocycles. The van der Waals surface area contributed by atoms with E-state index in [1.54, 1.807) is 16.8 Å². The molecule has 0 radical (unpaired) electrons. The Morgan fingerprint density at radius 2 is 1.80 bits per heavy atom. The first-order chi connectivity index (χ1) is 16.6. The Hall–Kier alpha value is -3.33. The summed E-state index contributed by atoms with van der Waals surface area (Å²) in [7, 11) is 0. The number of anilines is 2. The van der Waals surface area contributed by atoms with Crippen LogP contribution in [0.1, 0.15) is 42.3 Å². The normalized spacial score (nSPS) is 13.9. The summed E-state index contributed by atoms with van der Waals surface area (Å²) in [5.74, 6) is -0.301. The van der Waals surface area contributed by atoms with Crippen molar-refractivity contribution in [3.63, 3.8) is 0 Å². The van der Waals surface area contributed by atoms with Gasteiger partial charge in [-0.15, -0.1) is 0 Å². The maximum atomic E-state index is 13.7. The molecule has 3 aromatic heterocycles. The topological polar surface area (TPSA) is 73.5 Å². The van der Waals surface area contributed by atoms with Crippen LogP contribution in [0.5, 0.6) is 0 Å². The molecule has 1 aliphatic carbocycles. The van der Waals surface area contributed by atoms with Crippen molar-refractivity contribution in [2.75, 3.05) is 5.32 Å². The number of hydrogen-bond acceptors (Lipinski definition) is 5. The van der Waals surface area contributed by atoms with E-state index in [0.29, 0.717) is 22.6 Å². The first-order valence-electron chi connectivity index (χ1n) is 11.5. The molecule has 1 aromatic carbocycles. The maximum absolute atomic E-state index is 13.7. The molecule has 5 rings (SSSR count). The van der Waals surface area contributed by atoms with Crippen molar-refractivity contribution >= 4 is 23.2 Å². The number of halogens is 3.